The average Bonchev–Trinajstić information content (AvgIpc) is 2.75. The number of aryl methyl sites for hydroxylation is 2. The van der Waals surface area contributed by atoms with E-state index in [9.17, 15) is 14.4 Å². The van der Waals surface area contributed by atoms with Gasteiger partial charge in [0, 0.05) is 23.1 Å². The zero-order valence-corrected chi connectivity index (χ0v) is 19.4. The van der Waals surface area contributed by atoms with Crippen molar-refractivity contribution in [1.82, 2.24) is 9.55 Å². The van der Waals surface area contributed by atoms with E-state index in [2.05, 4.69) is 26.2 Å². The topological polar surface area (TPSA) is 90.3 Å². The number of anilines is 1. The van der Waals surface area contributed by atoms with Crippen LogP contribution in [0.5, 0.6) is 0 Å². The number of hydrogen-bond donors (Lipinski definition) is 1. The second kappa shape index (κ2) is 9.65. The number of amides is 1. The fraction of sp³-hybridized carbons (Fsp3) is 0.333. The van der Waals surface area contributed by atoms with E-state index in [1.165, 1.54) is 0 Å². The van der Waals surface area contributed by atoms with Crippen molar-refractivity contribution in [3.63, 3.8) is 0 Å². The fourth-order valence-electron chi connectivity index (χ4n) is 3.89. The van der Waals surface area contributed by atoms with Crippen molar-refractivity contribution < 1.29 is 14.3 Å². The molecule has 0 bridgehead atoms. The number of ether oxygens (including phenoxy) is 1. The molecule has 0 aliphatic carbocycles. The van der Waals surface area contributed by atoms with Crippen LogP contribution in [0.25, 0.3) is 10.9 Å². The van der Waals surface area contributed by atoms with E-state index in [0.717, 1.165) is 48.0 Å². The van der Waals surface area contributed by atoms with E-state index >= 15 is 0 Å². The second-order valence-corrected chi connectivity index (χ2v) is 8.88. The molecule has 0 radical (unpaired) electrons. The number of carbonyl (C=O) groups excluding carboxylic acids is 2. The maximum Gasteiger partial charge on any atom is 0.338 e. The molecule has 3 aromatic rings. The molecule has 1 aliphatic heterocycles. The van der Waals surface area contributed by atoms with Crippen molar-refractivity contribution in [2.75, 3.05) is 11.9 Å². The Morgan fingerprint density at radius 3 is 2.75 bits per heavy atom. The summed E-state index contributed by atoms with van der Waals surface area (Å²) in [5.74, 6) is -0.303. The third-order valence-electron chi connectivity index (χ3n) is 5.60. The van der Waals surface area contributed by atoms with Crippen LogP contribution in [0.2, 0.25) is 0 Å². The molecule has 8 heteroatoms. The number of halogens is 1. The van der Waals surface area contributed by atoms with Crippen molar-refractivity contribution in [3.8, 4) is 0 Å². The van der Waals surface area contributed by atoms with Gasteiger partial charge in [-0.2, -0.15) is 0 Å². The van der Waals surface area contributed by atoms with Gasteiger partial charge in [0.25, 0.3) is 11.5 Å². The van der Waals surface area contributed by atoms with E-state index in [-0.39, 0.29) is 11.1 Å². The highest BCUT2D eigenvalue weighted by atomic mass is 79.9. The molecule has 1 aromatic heterocycles. The fourth-order valence-corrected chi connectivity index (χ4v) is 4.37. The quantitative estimate of drug-likeness (QED) is 0.540. The minimum absolute atomic E-state index is 0.0731. The molecule has 1 amide bonds. The SMILES string of the molecule is Cc1cc(Br)ccc1NC(=O)COC(=O)c1ccc2c(=O)n3c(nc2c1)CCCCCC3. The Kier molecular flexibility index (Phi) is 6.69. The molecule has 0 unspecified atom stereocenters. The monoisotopic (exact) mass is 497 g/mol. The molecule has 0 saturated heterocycles. The lowest BCUT2D eigenvalue weighted by atomic mass is 10.1. The zero-order valence-electron chi connectivity index (χ0n) is 17.8. The molecule has 4 rings (SSSR count). The van der Waals surface area contributed by atoms with Gasteiger partial charge in [0.1, 0.15) is 5.82 Å². The molecule has 0 atom stereocenters. The van der Waals surface area contributed by atoms with Crippen LogP contribution in [-0.4, -0.2) is 28.0 Å². The molecule has 1 aliphatic rings. The Morgan fingerprint density at radius 2 is 1.94 bits per heavy atom. The lowest BCUT2D eigenvalue weighted by Crippen LogP contribution is -2.26. The van der Waals surface area contributed by atoms with E-state index in [4.69, 9.17) is 4.74 Å². The minimum atomic E-state index is -0.636. The van der Waals surface area contributed by atoms with Crippen molar-refractivity contribution in [3.05, 3.63) is 68.2 Å². The molecule has 0 saturated carbocycles. The third kappa shape index (κ3) is 4.91. The molecule has 0 spiro atoms. The lowest BCUT2D eigenvalue weighted by Gasteiger charge is -2.16. The van der Waals surface area contributed by atoms with E-state index in [1.807, 2.05) is 19.1 Å². The van der Waals surface area contributed by atoms with E-state index < -0.39 is 18.5 Å². The number of carbonyl (C=O) groups is 2. The number of nitrogens with one attached hydrogen (secondary N) is 1. The van der Waals surface area contributed by atoms with Crippen LogP contribution in [0.15, 0.2) is 45.7 Å². The second-order valence-electron chi connectivity index (χ2n) is 7.96. The number of hydrogen-bond acceptors (Lipinski definition) is 5. The number of esters is 1. The number of rotatable bonds is 4. The maximum atomic E-state index is 12.9. The molecular formula is C24H24BrN3O4. The van der Waals surface area contributed by atoms with Gasteiger partial charge < -0.3 is 10.1 Å². The summed E-state index contributed by atoms with van der Waals surface area (Å²) >= 11 is 3.38. The van der Waals surface area contributed by atoms with Gasteiger partial charge in [-0.3, -0.25) is 14.2 Å². The summed E-state index contributed by atoms with van der Waals surface area (Å²) in [6.07, 6.45) is 4.94. The Balaban J connectivity index is 1.48. The Labute approximate surface area is 193 Å². The first-order chi connectivity index (χ1) is 15.4. The van der Waals surface area contributed by atoms with E-state index in [0.29, 0.717) is 23.1 Å². The number of fused-ring (bicyclic) bond motifs is 2. The molecule has 166 valence electrons. The molecule has 32 heavy (non-hydrogen) atoms. The highest BCUT2D eigenvalue weighted by molar-refractivity contribution is 9.10. The highest BCUT2D eigenvalue weighted by Gasteiger charge is 2.16. The Morgan fingerprint density at radius 1 is 1.12 bits per heavy atom. The van der Waals surface area contributed by atoms with Gasteiger partial charge in [-0.25, -0.2) is 9.78 Å². The molecule has 2 heterocycles. The maximum absolute atomic E-state index is 12.9. The third-order valence-corrected chi connectivity index (χ3v) is 6.09. The largest absolute Gasteiger partial charge is 0.452 e. The number of nitrogens with zero attached hydrogens (tertiary/aromatic N) is 2. The Bertz CT molecular complexity index is 1250. The van der Waals surface area contributed by atoms with Crippen molar-refractivity contribution >= 4 is 44.4 Å². The van der Waals surface area contributed by atoms with E-state index in [1.54, 1.807) is 28.8 Å². The van der Waals surface area contributed by atoms with Gasteiger partial charge >= 0.3 is 5.97 Å². The van der Waals surface area contributed by atoms with Gasteiger partial charge in [-0.15, -0.1) is 0 Å². The number of aromatic nitrogens is 2. The predicted molar refractivity (Wildman–Crippen MR) is 126 cm³/mol. The molecular weight excluding hydrogens is 474 g/mol. The van der Waals surface area contributed by atoms with Crippen molar-refractivity contribution in [2.24, 2.45) is 0 Å². The Hall–Kier alpha value is -3.00. The molecule has 2 aromatic carbocycles. The van der Waals surface area contributed by atoms with Crippen molar-refractivity contribution in [1.29, 1.82) is 0 Å². The summed E-state index contributed by atoms with van der Waals surface area (Å²) in [6, 6.07) is 10.2. The normalized spacial score (nSPS) is 13.7. The zero-order chi connectivity index (χ0) is 22.7. The lowest BCUT2D eigenvalue weighted by molar-refractivity contribution is -0.119. The first kappa shape index (κ1) is 22.2. The molecule has 7 nitrogen and oxygen atoms in total. The van der Waals surface area contributed by atoms with Crippen LogP contribution < -0.4 is 10.9 Å². The van der Waals surface area contributed by atoms with Gasteiger partial charge in [-0.05, 0) is 61.7 Å². The predicted octanol–water partition coefficient (Wildman–Crippen LogP) is 4.38. The van der Waals surface area contributed by atoms with Gasteiger partial charge in [0.15, 0.2) is 6.61 Å². The minimum Gasteiger partial charge on any atom is -0.452 e. The first-order valence-electron chi connectivity index (χ1n) is 10.7. The molecule has 1 N–H and O–H groups in total. The van der Waals surface area contributed by atoms with Crippen LogP contribution in [0.1, 0.15) is 47.4 Å². The van der Waals surface area contributed by atoms with Crippen LogP contribution >= 0.6 is 15.9 Å². The van der Waals surface area contributed by atoms with Crippen molar-refractivity contribution in [2.45, 2.75) is 45.6 Å². The summed E-state index contributed by atoms with van der Waals surface area (Å²) in [5.41, 5.74) is 2.21. The van der Waals surface area contributed by atoms with Crippen LogP contribution in [-0.2, 0) is 22.5 Å². The smallest absolute Gasteiger partial charge is 0.338 e. The van der Waals surface area contributed by atoms with Gasteiger partial charge in [0.2, 0.25) is 0 Å². The van der Waals surface area contributed by atoms with Crippen LogP contribution in [0.3, 0.4) is 0 Å². The summed E-state index contributed by atoms with van der Waals surface area (Å²) in [4.78, 5) is 42.3. The summed E-state index contributed by atoms with van der Waals surface area (Å²) in [5, 5.41) is 3.21. The summed E-state index contributed by atoms with van der Waals surface area (Å²) < 4.78 is 7.85. The molecule has 0 fully saturated rings. The van der Waals surface area contributed by atoms with Gasteiger partial charge in [0.05, 0.1) is 16.5 Å². The number of benzene rings is 2. The standard InChI is InChI=1S/C24H24BrN3O4/c1-15-12-17(25)8-10-19(15)27-22(29)14-32-24(31)16-7-9-18-20(13-16)26-21-6-4-2-3-5-11-28(21)23(18)30/h7-10,12-13H,2-6,11,14H2,1H3,(H,27,29). The first-order valence-corrected chi connectivity index (χ1v) is 11.5. The van der Waals surface area contributed by atoms with Crippen LogP contribution in [0, 0.1) is 6.92 Å². The summed E-state index contributed by atoms with van der Waals surface area (Å²) in [6.45, 7) is 2.14. The highest BCUT2D eigenvalue weighted by Crippen LogP contribution is 2.20. The van der Waals surface area contributed by atoms with Crippen LogP contribution in [0.4, 0.5) is 5.69 Å². The summed E-state index contributed by atoms with van der Waals surface area (Å²) in [7, 11) is 0. The average molecular weight is 498 g/mol. The van der Waals surface area contributed by atoms with Gasteiger partial charge in [-0.1, -0.05) is 28.8 Å².